The minimum Gasteiger partial charge on any atom is -0.497 e. The van der Waals surface area contributed by atoms with Gasteiger partial charge in [0.05, 0.1) is 31.9 Å². The molecule has 3 aromatic carbocycles. The number of hydrazone groups is 1. The van der Waals surface area contributed by atoms with E-state index in [1.807, 2.05) is 0 Å². The van der Waals surface area contributed by atoms with Crippen molar-refractivity contribution in [1.82, 2.24) is 5.43 Å². The number of nitrogens with zero attached hydrogens (tertiary/aromatic N) is 2. The summed E-state index contributed by atoms with van der Waals surface area (Å²) < 4.78 is 36.4. The molecule has 38 heavy (non-hydrogen) atoms. The fraction of sp³-hybridized carbons (Fsp3) is 0.192. The number of benzene rings is 3. The monoisotopic (exact) mass is 558 g/mol. The van der Waals surface area contributed by atoms with Crippen molar-refractivity contribution in [2.45, 2.75) is 6.92 Å². The van der Waals surface area contributed by atoms with Crippen LogP contribution in [0.25, 0.3) is 0 Å². The first-order valence-corrected chi connectivity index (χ1v) is 13.4. The standard InChI is InChI=1S/C26H27ClN4O6S/c1-17(18-7-6-10-21(14-18)28-26(33)19-8-5-9-20(27)13-19)29-30-25(32)16-31(38(4,34)35)23-15-22(36-2)11-12-24(23)37-3/h5-15H,16H2,1-4H3,(H,28,33)(H,30,32)/b29-17-. The summed E-state index contributed by atoms with van der Waals surface area (Å²) in [7, 11) is -1.03. The molecule has 0 radical (unpaired) electrons. The zero-order valence-corrected chi connectivity index (χ0v) is 22.8. The van der Waals surface area contributed by atoms with Crippen molar-refractivity contribution in [3.05, 3.63) is 82.9 Å². The van der Waals surface area contributed by atoms with E-state index in [-0.39, 0.29) is 17.3 Å². The van der Waals surface area contributed by atoms with Crippen LogP contribution < -0.4 is 24.5 Å². The Morgan fingerprint density at radius 3 is 2.34 bits per heavy atom. The summed E-state index contributed by atoms with van der Waals surface area (Å²) in [5.74, 6) is -0.363. The molecule has 10 nitrogen and oxygen atoms in total. The molecule has 0 saturated heterocycles. The summed E-state index contributed by atoms with van der Waals surface area (Å²) in [6.07, 6.45) is 0.983. The Hall–Kier alpha value is -4.09. The van der Waals surface area contributed by atoms with Crippen LogP contribution in [0.5, 0.6) is 11.5 Å². The lowest BCUT2D eigenvalue weighted by molar-refractivity contribution is -0.119. The van der Waals surface area contributed by atoms with Crippen molar-refractivity contribution in [2.75, 3.05) is 36.6 Å². The average Bonchev–Trinajstić information content (AvgIpc) is 2.89. The van der Waals surface area contributed by atoms with Crippen LogP contribution in [0.15, 0.2) is 71.8 Å². The molecule has 0 fully saturated rings. The minimum atomic E-state index is -3.86. The van der Waals surface area contributed by atoms with Crippen LogP contribution in [0.3, 0.4) is 0 Å². The number of carbonyl (C=O) groups is 2. The molecule has 12 heteroatoms. The van der Waals surface area contributed by atoms with Gasteiger partial charge in [-0.3, -0.25) is 13.9 Å². The number of sulfonamides is 1. The Morgan fingerprint density at radius 2 is 1.68 bits per heavy atom. The lowest BCUT2D eigenvalue weighted by Gasteiger charge is -2.23. The van der Waals surface area contributed by atoms with Gasteiger partial charge in [0.1, 0.15) is 18.0 Å². The lowest BCUT2D eigenvalue weighted by Crippen LogP contribution is -2.39. The maximum absolute atomic E-state index is 12.7. The second-order valence-electron chi connectivity index (χ2n) is 8.08. The molecule has 0 aromatic heterocycles. The van der Waals surface area contributed by atoms with E-state index in [0.717, 1.165) is 10.6 Å². The van der Waals surface area contributed by atoms with Crippen LogP contribution in [-0.4, -0.2) is 53.0 Å². The molecule has 0 aliphatic carbocycles. The van der Waals surface area contributed by atoms with Crippen molar-refractivity contribution in [3.63, 3.8) is 0 Å². The molecule has 0 heterocycles. The average molecular weight is 559 g/mol. The van der Waals surface area contributed by atoms with Crippen molar-refractivity contribution in [2.24, 2.45) is 5.10 Å². The zero-order chi connectivity index (χ0) is 27.9. The SMILES string of the molecule is COc1ccc(OC)c(N(CC(=O)N/N=C(/C)c2cccc(NC(=O)c3cccc(Cl)c3)c2)S(C)(=O)=O)c1. The van der Waals surface area contributed by atoms with Crippen molar-refractivity contribution < 1.29 is 27.5 Å². The van der Waals surface area contributed by atoms with Gasteiger partial charge in [-0.1, -0.05) is 29.8 Å². The number of hydrogen-bond acceptors (Lipinski definition) is 7. The summed E-state index contributed by atoms with van der Waals surface area (Å²) in [5.41, 5.74) is 4.51. The van der Waals surface area contributed by atoms with Crippen LogP contribution in [0.2, 0.25) is 5.02 Å². The Morgan fingerprint density at radius 1 is 0.974 bits per heavy atom. The zero-order valence-electron chi connectivity index (χ0n) is 21.2. The molecular formula is C26H27ClN4O6S. The molecule has 0 bridgehead atoms. The highest BCUT2D eigenvalue weighted by atomic mass is 35.5. The molecule has 0 aliphatic rings. The topological polar surface area (TPSA) is 126 Å². The van der Waals surface area contributed by atoms with Gasteiger partial charge in [0, 0.05) is 22.3 Å². The number of halogens is 1. The number of amides is 2. The summed E-state index contributed by atoms with van der Waals surface area (Å²) in [6, 6.07) is 18.1. The Balaban J connectivity index is 1.74. The quantitative estimate of drug-likeness (QED) is 0.287. The maximum Gasteiger partial charge on any atom is 0.260 e. The molecule has 2 amide bonds. The third-order valence-corrected chi connectivity index (χ3v) is 6.68. The summed E-state index contributed by atoms with van der Waals surface area (Å²) in [6.45, 7) is 1.12. The van der Waals surface area contributed by atoms with Gasteiger partial charge in [-0.05, 0) is 55.0 Å². The molecule has 3 rings (SSSR count). The van der Waals surface area contributed by atoms with Gasteiger partial charge < -0.3 is 14.8 Å². The molecule has 0 saturated carbocycles. The first-order chi connectivity index (χ1) is 18.0. The lowest BCUT2D eigenvalue weighted by atomic mass is 10.1. The molecular weight excluding hydrogens is 532 g/mol. The molecule has 0 spiro atoms. The largest absolute Gasteiger partial charge is 0.497 e. The van der Waals surface area contributed by atoms with Crippen LogP contribution >= 0.6 is 11.6 Å². The van der Waals surface area contributed by atoms with Crippen molar-refractivity contribution >= 4 is 50.5 Å². The second kappa shape index (κ2) is 12.4. The summed E-state index contributed by atoms with van der Waals surface area (Å²) >= 11 is 5.96. The predicted octanol–water partition coefficient (Wildman–Crippen LogP) is 3.92. The number of methoxy groups -OCH3 is 2. The predicted molar refractivity (Wildman–Crippen MR) is 148 cm³/mol. The summed E-state index contributed by atoms with van der Waals surface area (Å²) in [4.78, 5) is 25.2. The van der Waals surface area contributed by atoms with Gasteiger partial charge in [-0.2, -0.15) is 5.10 Å². The van der Waals surface area contributed by atoms with E-state index in [1.165, 1.54) is 20.3 Å². The number of anilines is 2. The van der Waals surface area contributed by atoms with Crippen LogP contribution in [0.1, 0.15) is 22.8 Å². The van der Waals surface area contributed by atoms with Crippen LogP contribution in [0.4, 0.5) is 11.4 Å². The molecule has 0 aliphatic heterocycles. The first-order valence-electron chi connectivity index (χ1n) is 11.2. The minimum absolute atomic E-state index is 0.147. The number of carbonyl (C=O) groups excluding carboxylic acids is 2. The number of nitrogens with one attached hydrogen (secondary N) is 2. The third-order valence-electron chi connectivity index (χ3n) is 5.32. The van der Waals surface area contributed by atoms with Crippen molar-refractivity contribution in [3.8, 4) is 11.5 Å². The number of rotatable bonds is 10. The molecule has 3 aromatic rings. The van der Waals surface area contributed by atoms with E-state index >= 15 is 0 Å². The summed E-state index contributed by atoms with van der Waals surface area (Å²) in [5, 5.41) is 7.34. The van der Waals surface area contributed by atoms with Gasteiger partial charge in [0.15, 0.2) is 0 Å². The normalized spacial score (nSPS) is 11.4. The van der Waals surface area contributed by atoms with Crippen LogP contribution in [0, 0.1) is 0 Å². The smallest absolute Gasteiger partial charge is 0.260 e. The molecule has 200 valence electrons. The highest BCUT2D eigenvalue weighted by Crippen LogP contribution is 2.33. The van der Waals surface area contributed by atoms with Gasteiger partial charge in [0.2, 0.25) is 10.0 Å². The number of hydrogen-bond donors (Lipinski definition) is 2. The van der Waals surface area contributed by atoms with Crippen molar-refractivity contribution in [1.29, 1.82) is 0 Å². The number of ether oxygens (including phenoxy) is 2. The van der Waals surface area contributed by atoms with E-state index in [2.05, 4.69) is 15.8 Å². The third kappa shape index (κ3) is 7.46. The van der Waals surface area contributed by atoms with Gasteiger partial charge in [-0.15, -0.1) is 0 Å². The fourth-order valence-corrected chi connectivity index (χ4v) is 4.45. The molecule has 0 unspecified atom stereocenters. The second-order valence-corrected chi connectivity index (χ2v) is 10.4. The van der Waals surface area contributed by atoms with E-state index < -0.39 is 22.5 Å². The van der Waals surface area contributed by atoms with Gasteiger partial charge in [0.25, 0.3) is 11.8 Å². The van der Waals surface area contributed by atoms with E-state index in [0.29, 0.717) is 33.3 Å². The Kier molecular flexibility index (Phi) is 9.32. The van der Waals surface area contributed by atoms with Crippen LogP contribution in [-0.2, 0) is 14.8 Å². The highest BCUT2D eigenvalue weighted by molar-refractivity contribution is 7.92. The van der Waals surface area contributed by atoms with E-state index in [9.17, 15) is 18.0 Å². The van der Waals surface area contributed by atoms with E-state index in [4.69, 9.17) is 21.1 Å². The highest BCUT2D eigenvalue weighted by Gasteiger charge is 2.24. The first kappa shape index (κ1) is 28.5. The fourth-order valence-electron chi connectivity index (χ4n) is 3.40. The van der Waals surface area contributed by atoms with Gasteiger partial charge in [-0.25, -0.2) is 13.8 Å². The van der Waals surface area contributed by atoms with Gasteiger partial charge >= 0.3 is 0 Å². The Labute approximate surface area is 226 Å². The Bertz CT molecular complexity index is 1480. The maximum atomic E-state index is 12.7. The molecule has 0 atom stereocenters. The molecule has 2 N–H and O–H groups in total. The van der Waals surface area contributed by atoms with E-state index in [1.54, 1.807) is 67.6 Å².